The van der Waals surface area contributed by atoms with Gasteiger partial charge in [-0.25, -0.2) is 5.43 Å². The lowest BCUT2D eigenvalue weighted by Gasteiger charge is -2.08. The van der Waals surface area contributed by atoms with Gasteiger partial charge in [0.2, 0.25) is 0 Å². The third-order valence-corrected chi connectivity index (χ3v) is 3.87. The minimum atomic E-state index is -0.209. The van der Waals surface area contributed by atoms with E-state index >= 15 is 0 Å². The number of carbonyl (C=O) groups excluding carboxylic acids is 1. The highest BCUT2D eigenvalue weighted by molar-refractivity contribution is 6.30. The minimum absolute atomic E-state index is 0.145. The van der Waals surface area contributed by atoms with E-state index in [1.165, 1.54) is 5.56 Å². The number of hydrogen-bond donors (Lipinski definition) is 2. The van der Waals surface area contributed by atoms with Crippen molar-refractivity contribution < 1.29 is 4.79 Å². The lowest BCUT2D eigenvalue weighted by Crippen LogP contribution is -2.26. The first-order valence-corrected chi connectivity index (χ1v) is 8.25. The topological polar surface area (TPSA) is 53.5 Å². The molecule has 0 aliphatic rings. The molecule has 24 heavy (non-hydrogen) atoms. The average Bonchev–Trinajstić information content (AvgIpc) is 2.54. The number of anilines is 1. The van der Waals surface area contributed by atoms with Crippen LogP contribution in [0.25, 0.3) is 0 Å². The number of benzene rings is 2. The monoisotopic (exact) mass is 343 g/mol. The smallest absolute Gasteiger partial charge is 0.259 e. The normalized spacial score (nSPS) is 11.0. The van der Waals surface area contributed by atoms with Crippen LogP contribution in [0.2, 0.25) is 5.02 Å². The van der Waals surface area contributed by atoms with Crippen molar-refractivity contribution in [3.05, 3.63) is 64.2 Å². The highest BCUT2D eigenvalue weighted by Crippen LogP contribution is 2.19. The van der Waals surface area contributed by atoms with Gasteiger partial charge in [-0.1, -0.05) is 49.7 Å². The van der Waals surface area contributed by atoms with Crippen molar-refractivity contribution in [2.45, 2.75) is 26.7 Å². The Morgan fingerprint density at radius 3 is 2.54 bits per heavy atom. The van der Waals surface area contributed by atoms with Crippen LogP contribution in [0, 0.1) is 6.92 Å². The van der Waals surface area contributed by atoms with Crippen LogP contribution in [0.3, 0.4) is 0 Å². The maximum atomic E-state index is 11.8. The van der Waals surface area contributed by atoms with Crippen molar-refractivity contribution in [3.8, 4) is 0 Å². The predicted molar refractivity (Wildman–Crippen MR) is 101 cm³/mol. The molecule has 2 N–H and O–H groups in total. The summed E-state index contributed by atoms with van der Waals surface area (Å²) in [5.74, 6) is 0.289. The third kappa shape index (κ3) is 5.39. The Bertz CT molecular complexity index is 724. The first kappa shape index (κ1) is 18.0. The second-order valence-electron chi connectivity index (χ2n) is 5.93. The van der Waals surface area contributed by atoms with Gasteiger partial charge in [0.1, 0.15) is 0 Å². The van der Waals surface area contributed by atoms with Crippen LogP contribution in [0.15, 0.2) is 47.6 Å². The Balaban J connectivity index is 1.82. The highest BCUT2D eigenvalue weighted by Gasteiger charge is 2.02. The maximum Gasteiger partial charge on any atom is 0.259 e. The van der Waals surface area contributed by atoms with Gasteiger partial charge in [0.05, 0.1) is 12.8 Å². The van der Waals surface area contributed by atoms with Gasteiger partial charge >= 0.3 is 0 Å². The Hall–Kier alpha value is -2.33. The quantitative estimate of drug-likeness (QED) is 0.605. The Morgan fingerprint density at radius 1 is 1.21 bits per heavy atom. The molecule has 126 valence electrons. The fraction of sp³-hybridized carbons (Fsp3) is 0.263. The number of amides is 1. The van der Waals surface area contributed by atoms with Crippen molar-refractivity contribution in [2.75, 3.05) is 11.9 Å². The average molecular weight is 344 g/mol. The summed E-state index contributed by atoms with van der Waals surface area (Å²) in [6, 6.07) is 13.6. The standard InChI is InChI=1S/C19H22ClN3O/c1-13(2)16-6-4-15(5-7-16)11-22-23-19(24)12-21-18-9-8-17(20)10-14(18)3/h4-11,13,21H,12H2,1-3H3,(H,23,24)/b22-11-. The van der Waals surface area contributed by atoms with Gasteiger partial charge in [-0.05, 0) is 47.7 Å². The summed E-state index contributed by atoms with van der Waals surface area (Å²) in [5.41, 5.74) is 6.60. The van der Waals surface area contributed by atoms with Crippen LogP contribution in [0.4, 0.5) is 5.69 Å². The molecule has 1 amide bonds. The lowest BCUT2D eigenvalue weighted by molar-refractivity contribution is -0.119. The van der Waals surface area contributed by atoms with Gasteiger partial charge in [0.25, 0.3) is 5.91 Å². The SMILES string of the molecule is Cc1cc(Cl)ccc1NCC(=O)N/N=C\c1ccc(C(C)C)cc1. The fourth-order valence-corrected chi connectivity index (χ4v) is 2.41. The maximum absolute atomic E-state index is 11.8. The molecular formula is C19H22ClN3O. The minimum Gasteiger partial charge on any atom is -0.376 e. The van der Waals surface area contributed by atoms with Crippen LogP contribution in [0.1, 0.15) is 36.5 Å². The Kier molecular flexibility index (Phi) is 6.38. The molecule has 0 atom stereocenters. The summed E-state index contributed by atoms with van der Waals surface area (Å²) in [6.07, 6.45) is 1.63. The molecule has 0 heterocycles. The predicted octanol–water partition coefficient (Wildman–Crippen LogP) is 4.33. The van der Waals surface area contributed by atoms with E-state index in [2.05, 4.69) is 41.8 Å². The van der Waals surface area contributed by atoms with E-state index < -0.39 is 0 Å². The number of nitrogens with zero attached hydrogens (tertiary/aromatic N) is 1. The molecule has 2 aromatic carbocycles. The van der Waals surface area contributed by atoms with Crippen LogP contribution < -0.4 is 10.7 Å². The van der Waals surface area contributed by atoms with Crippen LogP contribution >= 0.6 is 11.6 Å². The fourth-order valence-electron chi connectivity index (χ4n) is 2.19. The number of aryl methyl sites for hydroxylation is 1. The van der Waals surface area contributed by atoms with E-state index in [4.69, 9.17) is 11.6 Å². The van der Waals surface area contributed by atoms with Crippen LogP contribution in [-0.4, -0.2) is 18.7 Å². The van der Waals surface area contributed by atoms with Gasteiger partial charge in [-0.15, -0.1) is 0 Å². The van der Waals surface area contributed by atoms with Gasteiger partial charge in [0, 0.05) is 10.7 Å². The van der Waals surface area contributed by atoms with Crippen molar-refractivity contribution in [1.29, 1.82) is 0 Å². The summed E-state index contributed by atoms with van der Waals surface area (Å²) in [7, 11) is 0. The molecule has 0 bridgehead atoms. The summed E-state index contributed by atoms with van der Waals surface area (Å²) >= 11 is 5.91. The molecule has 0 aromatic heterocycles. The number of halogens is 1. The summed E-state index contributed by atoms with van der Waals surface area (Å²) < 4.78 is 0. The number of hydrogen-bond acceptors (Lipinski definition) is 3. The van der Waals surface area contributed by atoms with Crippen molar-refractivity contribution in [3.63, 3.8) is 0 Å². The Labute approximate surface area is 147 Å². The molecule has 0 aliphatic carbocycles. The highest BCUT2D eigenvalue weighted by atomic mass is 35.5. The summed E-state index contributed by atoms with van der Waals surface area (Å²) in [6.45, 7) is 6.38. The van der Waals surface area contributed by atoms with Gasteiger partial charge in [0.15, 0.2) is 0 Å². The molecule has 4 nitrogen and oxygen atoms in total. The van der Waals surface area contributed by atoms with Gasteiger partial charge < -0.3 is 5.32 Å². The molecule has 0 unspecified atom stereocenters. The largest absolute Gasteiger partial charge is 0.376 e. The zero-order valence-corrected chi connectivity index (χ0v) is 14.9. The zero-order chi connectivity index (χ0) is 17.5. The molecule has 2 rings (SSSR count). The molecule has 0 radical (unpaired) electrons. The van der Waals surface area contributed by atoms with E-state index in [0.717, 1.165) is 16.8 Å². The lowest BCUT2D eigenvalue weighted by atomic mass is 10.0. The molecular weight excluding hydrogens is 322 g/mol. The first-order chi connectivity index (χ1) is 11.5. The number of hydrazone groups is 1. The molecule has 2 aromatic rings. The van der Waals surface area contributed by atoms with E-state index in [1.54, 1.807) is 12.3 Å². The zero-order valence-electron chi connectivity index (χ0n) is 14.1. The molecule has 0 saturated carbocycles. The number of rotatable bonds is 6. The molecule has 0 saturated heterocycles. The van der Waals surface area contributed by atoms with Crippen molar-refractivity contribution in [2.24, 2.45) is 5.10 Å². The van der Waals surface area contributed by atoms with Crippen molar-refractivity contribution >= 4 is 29.4 Å². The number of carbonyl (C=O) groups is 1. The Morgan fingerprint density at radius 2 is 1.92 bits per heavy atom. The second-order valence-corrected chi connectivity index (χ2v) is 6.36. The van der Waals surface area contributed by atoms with Crippen LogP contribution in [0.5, 0.6) is 0 Å². The molecule has 5 heteroatoms. The van der Waals surface area contributed by atoms with Crippen molar-refractivity contribution in [1.82, 2.24) is 5.43 Å². The third-order valence-electron chi connectivity index (χ3n) is 3.63. The van der Waals surface area contributed by atoms with E-state index in [9.17, 15) is 4.79 Å². The number of nitrogens with one attached hydrogen (secondary N) is 2. The van der Waals surface area contributed by atoms with Crippen LogP contribution in [-0.2, 0) is 4.79 Å². The summed E-state index contributed by atoms with van der Waals surface area (Å²) in [5, 5.41) is 7.72. The molecule has 0 fully saturated rings. The molecule has 0 spiro atoms. The van der Waals surface area contributed by atoms with E-state index in [-0.39, 0.29) is 12.5 Å². The second kappa shape index (κ2) is 8.50. The first-order valence-electron chi connectivity index (χ1n) is 7.87. The van der Waals surface area contributed by atoms with Gasteiger partial charge in [-0.3, -0.25) is 4.79 Å². The van der Waals surface area contributed by atoms with Gasteiger partial charge in [-0.2, -0.15) is 5.10 Å². The summed E-state index contributed by atoms with van der Waals surface area (Å²) in [4.78, 5) is 11.8. The van der Waals surface area contributed by atoms with E-state index in [1.807, 2.05) is 31.2 Å². The molecule has 0 aliphatic heterocycles. The van der Waals surface area contributed by atoms with E-state index in [0.29, 0.717) is 10.9 Å².